The Morgan fingerprint density at radius 1 is 0.941 bits per heavy atom. The van der Waals surface area contributed by atoms with Crippen molar-refractivity contribution in [2.24, 2.45) is 0 Å². The lowest BCUT2D eigenvalue weighted by molar-refractivity contribution is 0.0956. The number of carbonyl (C=O) groups excluding carboxylic acids is 1. The monoisotopic (exact) mass is 473 g/mol. The zero-order chi connectivity index (χ0) is 23.8. The first-order valence-electron chi connectivity index (χ1n) is 11.5. The zero-order valence-corrected chi connectivity index (χ0v) is 20.0. The van der Waals surface area contributed by atoms with Gasteiger partial charge in [-0.05, 0) is 30.7 Å². The highest BCUT2D eigenvalue weighted by atomic mass is 32.2. The van der Waals surface area contributed by atoms with Gasteiger partial charge in [0.15, 0.2) is 5.16 Å². The van der Waals surface area contributed by atoms with Crippen molar-refractivity contribution >= 4 is 17.7 Å². The first-order valence-corrected chi connectivity index (χ1v) is 12.5. The smallest absolute Gasteiger partial charge is 0.251 e. The Bertz CT molecular complexity index is 1210. The summed E-state index contributed by atoms with van der Waals surface area (Å²) in [5.41, 5.74) is 4.77. The first kappa shape index (κ1) is 23.8. The molecule has 0 fully saturated rings. The van der Waals surface area contributed by atoms with E-state index in [1.54, 1.807) is 11.8 Å². The molecule has 0 aliphatic rings. The molecule has 0 saturated heterocycles. The predicted molar refractivity (Wildman–Crippen MR) is 137 cm³/mol. The lowest BCUT2D eigenvalue weighted by Gasteiger charge is -2.13. The number of aromatic nitrogens is 2. The van der Waals surface area contributed by atoms with Crippen LogP contribution in [-0.2, 0) is 6.54 Å². The van der Waals surface area contributed by atoms with Crippen LogP contribution in [0.2, 0.25) is 0 Å². The summed E-state index contributed by atoms with van der Waals surface area (Å²) in [6.07, 6.45) is 2.14. The molecule has 0 aliphatic heterocycles. The summed E-state index contributed by atoms with van der Waals surface area (Å²) in [7, 11) is 0. The van der Waals surface area contributed by atoms with Gasteiger partial charge in [-0.1, -0.05) is 85.8 Å². The van der Waals surface area contributed by atoms with Gasteiger partial charge >= 0.3 is 0 Å². The molecule has 0 bridgehead atoms. The van der Waals surface area contributed by atoms with E-state index in [0.29, 0.717) is 17.9 Å². The largest absolute Gasteiger partial charge is 0.351 e. The molecule has 1 amide bonds. The van der Waals surface area contributed by atoms with Gasteiger partial charge in [0.1, 0.15) is 5.82 Å². The molecule has 0 radical (unpaired) electrons. The van der Waals surface area contributed by atoms with E-state index >= 15 is 0 Å². The second-order valence-electron chi connectivity index (χ2n) is 7.94. The van der Waals surface area contributed by atoms with Gasteiger partial charge in [-0.15, -0.1) is 0 Å². The van der Waals surface area contributed by atoms with Gasteiger partial charge in [0.25, 0.3) is 5.91 Å². The van der Waals surface area contributed by atoms with Crippen molar-refractivity contribution in [3.8, 4) is 22.5 Å². The highest BCUT2D eigenvalue weighted by Gasteiger charge is 2.20. The lowest BCUT2D eigenvalue weighted by Crippen LogP contribution is -2.25. The number of nitrogens with one attached hydrogen (secondary N) is 1. The van der Waals surface area contributed by atoms with Gasteiger partial charge in [0, 0.05) is 35.5 Å². The molecule has 0 saturated carbocycles. The molecule has 0 spiro atoms. The topological polar surface area (TPSA) is 46.9 Å². The van der Waals surface area contributed by atoms with E-state index in [4.69, 9.17) is 4.98 Å². The number of hydrogen-bond acceptors (Lipinski definition) is 3. The Hall–Kier alpha value is -3.38. The first-order chi connectivity index (χ1) is 16.7. The van der Waals surface area contributed by atoms with Gasteiger partial charge in [-0.2, -0.15) is 0 Å². The maximum absolute atomic E-state index is 13.1. The van der Waals surface area contributed by atoms with E-state index in [2.05, 4.69) is 53.2 Å². The molecule has 3 aromatic carbocycles. The number of carbonyl (C=O) groups is 1. The number of nitrogens with zero attached hydrogens (tertiary/aromatic N) is 2. The summed E-state index contributed by atoms with van der Waals surface area (Å²) >= 11 is 1.64. The van der Waals surface area contributed by atoms with E-state index in [1.165, 1.54) is 24.3 Å². The van der Waals surface area contributed by atoms with Crippen molar-refractivity contribution in [1.29, 1.82) is 0 Å². The Kier molecular flexibility index (Phi) is 8.15. The number of hydrogen-bond donors (Lipinski definition) is 1. The Morgan fingerprint density at radius 3 is 2.24 bits per heavy atom. The summed E-state index contributed by atoms with van der Waals surface area (Å²) in [5, 5.41) is 3.86. The van der Waals surface area contributed by atoms with E-state index in [-0.39, 0.29) is 11.7 Å². The van der Waals surface area contributed by atoms with Crippen LogP contribution in [0.5, 0.6) is 0 Å². The molecule has 6 heteroatoms. The normalized spacial score (nSPS) is 10.9. The molecule has 0 atom stereocenters. The van der Waals surface area contributed by atoms with Crippen molar-refractivity contribution < 1.29 is 9.18 Å². The van der Waals surface area contributed by atoms with Crippen LogP contribution in [0.15, 0.2) is 90.1 Å². The quantitative estimate of drug-likeness (QED) is 0.206. The third-order valence-electron chi connectivity index (χ3n) is 5.49. The van der Waals surface area contributed by atoms with Crippen LogP contribution in [-0.4, -0.2) is 27.8 Å². The summed E-state index contributed by atoms with van der Waals surface area (Å²) in [6, 6.07) is 26.2. The van der Waals surface area contributed by atoms with Crippen molar-refractivity contribution in [1.82, 2.24) is 14.9 Å². The fourth-order valence-corrected chi connectivity index (χ4v) is 4.64. The SMILES string of the molecule is CCCCn1c(SCCNC(=O)c2ccc(F)cc2)nc(-c2ccccc2)c1-c1ccccc1. The number of thioether (sulfide) groups is 1. The highest BCUT2D eigenvalue weighted by molar-refractivity contribution is 7.99. The Balaban J connectivity index is 1.57. The second kappa shape index (κ2) is 11.7. The Labute approximate surface area is 204 Å². The molecule has 0 aliphatic carbocycles. The number of rotatable bonds is 10. The highest BCUT2D eigenvalue weighted by Crippen LogP contribution is 2.36. The summed E-state index contributed by atoms with van der Waals surface area (Å²) in [5.74, 6) is 0.123. The Morgan fingerprint density at radius 2 is 1.59 bits per heavy atom. The number of unbranched alkanes of at least 4 members (excludes halogenated alkanes) is 1. The van der Waals surface area contributed by atoms with Crippen LogP contribution >= 0.6 is 11.8 Å². The van der Waals surface area contributed by atoms with Crippen molar-refractivity contribution in [3.05, 3.63) is 96.3 Å². The van der Waals surface area contributed by atoms with Gasteiger partial charge < -0.3 is 9.88 Å². The number of imidazole rings is 1. The fourth-order valence-electron chi connectivity index (χ4n) is 3.76. The van der Waals surface area contributed by atoms with E-state index in [0.717, 1.165) is 47.1 Å². The molecule has 4 nitrogen and oxygen atoms in total. The van der Waals surface area contributed by atoms with Crippen LogP contribution in [0.3, 0.4) is 0 Å². The maximum Gasteiger partial charge on any atom is 0.251 e. The predicted octanol–water partition coefficient (Wildman–Crippen LogP) is 6.68. The van der Waals surface area contributed by atoms with E-state index in [1.807, 2.05) is 24.3 Å². The van der Waals surface area contributed by atoms with E-state index in [9.17, 15) is 9.18 Å². The summed E-state index contributed by atoms with van der Waals surface area (Å²) in [6.45, 7) is 3.56. The van der Waals surface area contributed by atoms with Crippen LogP contribution in [0.25, 0.3) is 22.5 Å². The molecular formula is C28H28FN3OS. The second-order valence-corrected chi connectivity index (χ2v) is 9.00. The van der Waals surface area contributed by atoms with Crippen LogP contribution in [0.1, 0.15) is 30.1 Å². The molecular weight excluding hydrogens is 445 g/mol. The average Bonchev–Trinajstić information content (AvgIpc) is 3.25. The van der Waals surface area contributed by atoms with Crippen molar-refractivity contribution in [2.75, 3.05) is 12.3 Å². The minimum atomic E-state index is -0.352. The van der Waals surface area contributed by atoms with Gasteiger partial charge in [0.2, 0.25) is 0 Å². The molecule has 1 N–H and O–H groups in total. The fraction of sp³-hybridized carbons (Fsp3) is 0.214. The summed E-state index contributed by atoms with van der Waals surface area (Å²) in [4.78, 5) is 17.4. The van der Waals surface area contributed by atoms with Crippen molar-refractivity contribution in [3.63, 3.8) is 0 Å². The lowest BCUT2D eigenvalue weighted by atomic mass is 10.0. The third-order valence-corrected chi connectivity index (χ3v) is 6.47. The molecule has 4 aromatic rings. The number of benzene rings is 3. The zero-order valence-electron chi connectivity index (χ0n) is 19.2. The van der Waals surface area contributed by atoms with Crippen LogP contribution in [0.4, 0.5) is 4.39 Å². The minimum absolute atomic E-state index is 0.204. The third kappa shape index (κ3) is 5.75. The number of halogens is 1. The van der Waals surface area contributed by atoms with Gasteiger partial charge in [-0.25, -0.2) is 9.37 Å². The van der Waals surface area contributed by atoms with Crippen LogP contribution < -0.4 is 5.32 Å². The van der Waals surface area contributed by atoms with Crippen LogP contribution in [0, 0.1) is 5.82 Å². The maximum atomic E-state index is 13.1. The van der Waals surface area contributed by atoms with Gasteiger partial charge in [-0.3, -0.25) is 4.79 Å². The molecule has 174 valence electrons. The van der Waals surface area contributed by atoms with E-state index < -0.39 is 0 Å². The van der Waals surface area contributed by atoms with Gasteiger partial charge in [0.05, 0.1) is 11.4 Å². The number of amides is 1. The minimum Gasteiger partial charge on any atom is -0.351 e. The summed E-state index contributed by atoms with van der Waals surface area (Å²) < 4.78 is 15.4. The molecule has 4 rings (SSSR count). The molecule has 1 aromatic heterocycles. The standard InChI is InChI=1S/C28H28FN3OS/c1-2-3-19-32-26(22-12-8-5-9-13-22)25(21-10-6-4-7-11-21)31-28(32)34-20-18-30-27(33)23-14-16-24(29)17-15-23/h4-17H,2-3,18-20H2,1H3,(H,30,33). The molecule has 34 heavy (non-hydrogen) atoms. The molecule has 1 heterocycles. The van der Waals surface area contributed by atoms with Crippen molar-refractivity contribution in [2.45, 2.75) is 31.5 Å². The molecule has 0 unspecified atom stereocenters. The average molecular weight is 474 g/mol.